The van der Waals surface area contributed by atoms with Gasteiger partial charge in [0.15, 0.2) is 5.78 Å². The second-order valence-electron chi connectivity index (χ2n) is 7.67. The summed E-state index contributed by atoms with van der Waals surface area (Å²) in [6, 6.07) is 19.3. The van der Waals surface area contributed by atoms with Gasteiger partial charge < -0.3 is 5.32 Å². The summed E-state index contributed by atoms with van der Waals surface area (Å²) in [5.74, 6) is -0.0468. The van der Waals surface area contributed by atoms with Crippen molar-refractivity contribution in [1.82, 2.24) is 5.32 Å². The number of hydrogen-bond donors (Lipinski definition) is 1. The van der Waals surface area contributed by atoms with Gasteiger partial charge in [-0.25, -0.2) is 0 Å². The van der Waals surface area contributed by atoms with E-state index >= 15 is 0 Å². The first-order chi connectivity index (χ1) is 13.0. The molecule has 4 rings (SSSR count). The van der Waals surface area contributed by atoms with Crippen molar-refractivity contribution in [2.75, 3.05) is 0 Å². The van der Waals surface area contributed by atoms with Gasteiger partial charge in [-0.15, -0.1) is 0 Å². The van der Waals surface area contributed by atoms with Crippen LogP contribution < -0.4 is 5.32 Å². The van der Waals surface area contributed by atoms with Gasteiger partial charge >= 0.3 is 0 Å². The van der Waals surface area contributed by atoms with Crippen LogP contribution in [0.25, 0.3) is 16.5 Å². The summed E-state index contributed by atoms with van der Waals surface area (Å²) in [4.78, 5) is 24.3. The predicted molar refractivity (Wildman–Crippen MR) is 109 cm³/mol. The van der Waals surface area contributed by atoms with E-state index in [4.69, 9.17) is 0 Å². The largest absolute Gasteiger partial charge is 0.379 e. The fourth-order valence-electron chi connectivity index (χ4n) is 3.79. The zero-order chi connectivity index (χ0) is 19.0. The van der Waals surface area contributed by atoms with Crippen LogP contribution in [0.1, 0.15) is 45.7 Å². The van der Waals surface area contributed by atoms with Crippen molar-refractivity contribution in [3.63, 3.8) is 0 Å². The lowest BCUT2D eigenvalue weighted by molar-refractivity contribution is 0.104. The molecular formula is C24H21NO2. The molecule has 0 fully saturated rings. The average Bonchev–Trinajstić information content (AvgIpc) is 2.66. The summed E-state index contributed by atoms with van der Waals surface area (Å²) >= 11 is 0. The van der Waals surface area contributed by atoms with Gasteiger partial charge in [0, 0.05) is 34.0 Å². The summed E-state index contributed by atoms with van der Waals surface area (Å²) in [5.41, 5.74) is 3.95. The number of allylic oxidation sites excluding steroid dienone is 1. The minimum Gasteiger partial charge on any atom is -0.379 e. The fraction of sp³-hybridized carbons (Fsp3) is 0.167. The third-order valence-electron chi connectivity index (χ3n) is 5.00. The van der Waals surface area contributed by atoms with Crippen LogP contribution in [0.2, 0.25) is 0 Å². The molecule has 1 N–H and O–H groups in total. The summed E-state index contributed by atoms with van der Waals surface area (Å²) in [5, 5.41) is 5.46. The number of aldehydes is 1. The zero-order valence-electron chi connectivity index (χ0n) is 15.5. The highest BCUT2D eigenvalue weighted by molar-refractivity contribution is 6.15. The van der Waals surface area contributed by atoms with Crippen LogP contribution in [-0.4, -0.2) is 17.6 Å². The molecule has 0 atom stereocenters. The van der Waals surface area contributed by atoms with Crippen molar-refractivity contribution in [3.8, 4) is 0 Å². The van der Waals surface area contributed by atoms with E-state index in [-0.39, 0.29) is 11.3 Å². The molecule has 1 aliphatic rings. The van der Waals surface area contributed by atoms with Gasteiger partial charge in [-0.05, 0) is 42.7 Å². The van der Waals surface area contributed by atoms with E-state index in [0.29, 0.717) is 11.1 Å². The first-order valence-corrected chi connectivity index (χ1v) is 9.07. The molecule has 0 spiro atoms. The number of carbonyl (C=O) groups is 2. The number of rotatable bonds is 3. The number of nitrogens with one attached hydrogen (secondary N) is 1. The molecule has 134 valence electrons. The molecule has 0 amide bonds. The van der Waals surface area contributed by atoms with Crippen LogP contribution in [0.5, 0.6) is 0 Å². The maximum Gasteiger partial charge on any atom is 0.188 e. The van der Waals surface area contributed by atoms with E-state index in [0.717, 1.165) is 40.3 Å². The Morgan fingerprint density at radius 3 is 2.63 bits per heavy atom. The molecule has 0 radical (unpaired) electrons. The predicted octanol–water partition coefficient (Wildman–Crippen LogP) is 4.80. The van der Waals surface area contributed by atoms with Gasteiger partial charge in [0.1, 0.15) is 6.29 Å². The molecule has 1 aliphatic heterocycles. The molecule has 0 aromatic heterocycles. The quantitative estimate of drug-likeness (QED) is 0.417. The monoisotopic (exact) mass is 355 g/mol. The van der Waals surface area contributed by atoms with Gasteiger partial charge in [0.05, 0.1) is 0 Å². The Hall–Kier alpha value is -3.20. The summed E-state index contributed by atoms with van der Waals surface area (Å²) in [6.45, 7) is 4.22. The number of benzene rings is 3. The van der Waals surface area contributed by atoms with Gasteiger partial charge in [-0.1, -0.05) is 54.6 Å². The van der Waals surface area contributed by atoms with E-state index in [1.165, 1.54) is 0 Å². The van der Waals surface area contributed by atoms with Crippen LogP contribution >= 0.6 is 0 Å². The second-order valence-corrected chi connectivity index (χ2v) is 7.67. The minimum atomic E-state index is -0.166. The average molecular weight is 355 g/mol. The van der Waals surface area contributed by atoms with Crippen molar-refractivity contribution >= 4 is 28.5 Å². The standard InChI is InChI=1S/C24H21NO2/c1-24(2)14-18-11-10-16(15-26)12-21(18)22(25-24)13-23(27)20-9-5-7-17-6-3-4-8-19(17)20/h3-13,15,25H,14H2,1-2H3. The molecule has 1 heterocycles. The maximum atomic E-state index is 13.1. The Labute approximate surface area is 158 Å². The number of ketones is 1. The van der Waals surface area contributed by atoms with Crippen molar-refractivity contribution in [2.24, 2.45) is 0 Å². The summed E-state index contributed by atoms with van der Waals surface area (Å²) in [6.07, 6.45) is 3.33. The molecule has 3 nitrogen and oxygen atoms in total. The summed E-state index contributed by atoms with van der Waals surface area (Å²) < 4.78 is 0. The number of fused-ring (bicyclic) bond motifs is 2. The van der Waals surface area contributed by atoms with Crippen LogP contribution in [0, 0.1) is 0 Å². The van der Waals surface area contributed by atoms with Gasteiger partial charge in [0.25, 0.3) is 0 Å². The molecule has 27 heavy (non-hydrogen) atoms. The van der Waals surface area contributed by atoms with E-state index in [2.05, 4.69) is 19.2 Å². The smallest absolute Gasteiger partial charge is 0.188 e. The fourth-order valence-corrected chi connectivity index (χ4v) is 3.79. The lowest BCUT2D eigenvalue weighted by atomic mass is 9.84. The Morgan fingerprint density at radius 1 is 1.04 bits per heavy atom. The molecule has 3 heteroatoms. The van der Waals surface area contributed by atoms with Crippen LogP contribution in [-0.2, 0) is 6.42 Å². The van der Waals surface area contributed by atoms with Crippen LogP contribution in [0.15, 0.2) is 66.7 Å². The normalized spacial score (nSPS) is 16.6. The van der Waals surface area contributed by atoms with Gasteiger partial charge in [0.2, 0.25) is 0 Å². The van der Waals surface area contributed by atoms with Crippen LogP contribution in [0.4, 0.5) is 0 Å². The summed E-state index contributed by atoms with van der Waals surface area (Å²) in [7, 11) is 0. The van der Waals surface area contributed by atoms with Crippen molar-refractivity contribution < 1.29 is 9.59 Å². The third-order valence-corrected chi connectivity index (χ3v) is 5.00. The van der Waals surface area contributed by atoms with Crippen molar-refractivity contribution in [3.05, 3.63) is 89.0 Å². The SMILES string of the molecule is CC1(C)Cc2ccc(C=O)cc2C(=CC(=O)c2cccc3ccccc23)N1. The lowest BCUT2D eigenvalue weighted by Crippen LogP contribution is -2.43. The highest BCUT2D eigenvalue weighted by atomic mass is 16.1. The minimum absolute atomic E-state index is 0.0468. The van der Waals surface area contributed by atoms with E-state index < -0.39 is 0 Å². The number of carbonyl (C=O) groups excluding carboxylic acids is 2. The first-order valence-electron chi connectivity index (χ1n) is 9.07. The molecule has 0 bridgehead atoms. The molecule has 3 aromatic carbocycles. The van der Waals surface area contributed by atoms with E-state index in [1.54, 1.807) is 6.08 Å². The van der Waals surface area contributed by atoms with Crippen LogP contribution in [0.3, 0.4) is 0 Å². The first kappa shape index (κ1) is 17.2. The maximum absolute atomic E-state index is 13.1. The molecule has 0 unspecified atom stereocenters. The second kappa shape index (κ2) is 6.51. The molecular weight excluding hydrogens is 334 g/mol. The molecule has 0 aliphatic carbocycles. The molecule has 0 saturated carbocycles. The van der Waals surface area contributed by atoms with E-state index in [1.807, 2.05) is 60.7 Å². The van der Waals surface area contributed by atoms with Gasteiger partial charge in [-0.2, -0.15) is 0 Å². The van der Waals surface area contributed by atoms with E-state index in [9.17, 15) is 9.59 Å². The topological polar surface area (TPSA) is 46.2 Å². The Morgan fingerprint density at radius 2 is 1.81 bits per heavy atom. The third kappa shape index (κ3) is 3.28. The Kier molecular flexibility index (Phi) is 4.15. The Balaban J connectivity index is 1.83. The van der Waals surface area contributed by atoms with Gasteiger partial charge in [-0.3, -0.25) is 9.59 Å². The van der Waals surface area contributed by atoms with Crippen molar-refractivity contribution in [1.29, 1.82) is 0 Å². The number of hydrogen-bond acceptors (Lipinski definition) is 3. The zero-order valence-corrected chi connectivity index (χ0v) is 15.5. The van der Waals surface area contributed by atoms with Crippen molar-refractivity contribution in [2.45, 2.75) is 25.8 Å². The molecule has 3 aromatic rings. The Bertz CT molecular complexity index is 1090. The molecule has 0 saturated heterocycles. The lowest BCUT2D eigenvalue weighted by Gasteiger charge is -2.35. The highest BCUT2D eigenvalue weighted by Gasteiger charge is 2.28. The highest BCUT2D eigenvalue weighted by Crippen LogP contribution is 2.31.